The number of benzene rings is 1. The zero-order valence-electron chi connectivity index (χ0n) is 14.5. The SMILES string of the molecule is Cc1ccn2cc(C(=O)Nc3cccc(-c4ccnc(C)n4)c3)nc2c1. The molecule has 0 aliphatic rings. The number of nitrogens with zero attached hydrogens (tertiary/aromatic N) is 4. The molecule has 3 aromatic heterocycles. The number of aryl methyl sites for hydroxylation is 2. The lowest BCUT2D eigenvalue weighted by atomic mass is 10.1. The minimum Gasteiger partial charge on any atom is -0.321 e. The van der Waals surface area contributed by atoms with Gasteiger partial charge in [0, 0.05) is 29.8 Å². The number of carbonyl (C=O) groups is 1. The van der Waals surface area contributed by atoms with E-state index in [1.54, 1.807) is 12.4 Å². The molecule has 0 spiro atoms. The van der Waals surface area contributed by atoms with Gasteiger partial charge in [-0.1, -0.05) is 12.1 Å². The van der Waals surface area contributed by atoms with E-state index in [9.17, 15) is 4.79 Å². The van der Waals surface area contributed by atoms with E-state index in [1.165, 1.54) is 0 Å². The van der Waals surface area contributed by atoms with Gasteiger partial charge >= 0.3 is 0 Å². The van der Waals surface area contributed by atoms with Crippen LogP contribution in [0.5, 0.6) is 0 Å². The van der Waals surface area contributed by atoms with E-state index < -0.39 is 0 Å². The molecule has 128 valence electrons. The average Bonchev–Trinajstić information content (AvgIpc) is 3.05. The molecule has 0 bridgehead atoms. The van der Waals surface area contributed by atoms with Gasteiger partial charge in [-0.15, -0.1) is 0 Å². The number of nitrogens with one attached hydrogen (secondary N) is 1. The zero-order chi connectivity index (χ0) is 18.1. The Kier molecular flexibility index (Phi) is 3.93. The summed E-state index contributed by atoms with van der Waals surface area (Å²) in [6, 6.07) is 13.3. The molecule has 0 unspecified atom stereocenters. The number of fused-ring (bicyclic) bond motifs is 1. The number of imidazole rings is 1. The van der Waals surface area contributed by atoms with Crippen LogP contribution in [0.1, 0.15) is 21.9 Å². The molecule has 0 aliphatic carbocycles. The van der Waals surface area contributed by atoms with Crippen LogP contribution in [0.2, 0.25) is 0 Å². The zero-order valence-corrected chi connectivity index (χ0v) is 14.5. The first-order valence-corrected chi connectivity index (χ1v) is 8.25. The summed E-state index contributed by atoms with van der Waals surface area (Å²) in [6.45, 7) is 3.84. The summed E-state index contributed by atoms with van der Waals surface area (Å²) >= 11 is 0. The van der Waals surface area contributed by atoms with Gasteiger partial charge in [0.1, 0.15) is 17.2 Å². The summed E-state index contributed by atoms with van der Waals surface area (Å²) in [5.41, 5.74) is 4.65. The maximum Gasteiger partial charge on any atom is 0.275 e. The minimum atomic E-state index is -0.248. The highest BCUT2D eigenvalue weighted by molar-refractivity contribution is 6.03. The van der Waals surface area contributed by atoms with Crippen molar-refractivity contribution < 1.29 is 4.79 Å². The van der Waals surface area contributed by atoms with Crippen LogP contribution in [0.25, 0.3) is 16.9 Å². The van der Waals surface area contributed by atoms with E-state index in [-0.39, 0.29) is 5.91 Å². The van der Waals surface area contributed by atoms with Crippen molar-refractivity contribution in [3.8, 4) is 11.3 Å². The van der Waals surface area contributed by atoms with Gasteiger partial charge in [0.15, 0.2) is 0 Å². The Morgan fingerprint density at radius 1 is 1.08 bits per heavy atom. The van der Waals surface area contributed by atoms with Gasteiger partial charge in [0.25, 0.3) is 5.91 Å². The third-order valence-corrected chi connectivity index (χ3v) is 4.04. The van der Waals surface area contributed by atoms with E-state index in [1.807, 2.05) is 66.9 Å². The second-order valence-electron chi connectivity index (χ2n) is 6.12. The van der Waals surface area contributed by atoms with Crippen molar-refractivity contribution in [3.05, 3.63) is 78.1 Å². The fourth-order valence-electron chi connectivity index (χ4n) is 2.76. The van der Waals surface area contributed by atoms with Crippen LogP contribution >= 0.6 is 0 Å². The van der Waals surface area contributed by atoms with Crippen molar-refractivity contribution in [3.63, 3.8) is 0 Å². The highest BCUT2D eigenvalue weighted by Gasteiger charge is 2.12. The van der Waals surface area contributed by atoms with Crippen molar-refractivity contribution in [2.75, 3.05) is 5.32 Å². The molecule has 6 heteroatoms. The quantitative estimate of drug-likeness (QED) is 0.616. The van der Waals surface area contributed by atoms with Crippen LogP contribution in [0.4, 0.5) is 5.69 Å². The summed E-state index contributed by atoms with van der Waals surface area (Å²) in [5.74, 6) is 0.458. The molecule has 0 radical (unpaired) electrons. The third-order valence-electron chi connectivity index (χ3n) is 4.04. The van der Waals surface area contributed by atoms with E-state index in [0.717, 1.165) is 22.5 Å². The molecule has 0 fully saturated rings. The molecule has 3 heterocycles. The molecule has 1 N–H and O–H groups in total. The highest BCUT2D eigenvalue weighted by atomic mass is 16.1. The topological polar surface area (TPSA) is 72.2 Å². The van der Waals surface area contributed by atoms with Gasteiger partial charge in [-0.3, -0.25) is 4.79 Å². The third kappa shape index (κ3) is 3.17. The lowest BCUT2D eigenvalue weighted by Gasteiger charge is -2.06. The maximum absolute atomic E-state index is 12.6. The number of anilines is 1. The summed E-state index contributed by atoms with van der Waals surface area (Å²) in [4.78, 5) is 25.5. The molecule has 1 amide bonds. The Morgan fingerprint density at radius 2 is 1.96 bits per heavy atom. The molecular formula is C20H17N5O. The molecule has 0 atom stereocenters. The fraction of sp³-hybridized carbons (Fsp3) is 0.100. The van der Waals surface area contributed by atoms with E-state index in [2.05, 4.69) is 20.3 Å². The van der Waals surface area contributed by atoms with Gasteiger partial charge in [-0.25, -0.2) is 15.0 Å². The standard InChI is InChI=1S/C20H17N5O/c1-13-7-9-25-12-18(24-19(25)10-13)20(26)23-16-5-3-4-15(11-16)17-6-8-21-14(2)22-17/h3-12H,1-2H3,(H,23,26). The van der Waals surface area contributed by atoms with Crippen molar-refractivity contribution in [1.29, 1.82) is 0 Å². The lowest BCUT2D eigenvalue weighted by Crippen LogP contribution is -2.12. The van der Waals surface area contributed by atoms with Crippen LogP contribution in [0.3, 0.4) is 0 Å². The second kappa shape index (κ2) is 6.40. The van der Waals surface area contributed by atoms with Crippen molar-refractivity contribution in [2.24, 2.45) is 0 Å². The molecular weight excluding hydrogens is 326 g/mol. The van der Waals surface area contributed by atoms with Crippen LogP contribution in [-0.2, 0) is 0 Å². The Bertz CT molecular complexity index is 1120. The van der Waals surface area contributed by atoms with Crippen molar-refractivity contribution in [2.45, 2.75) is 13.8 Å². The highest BCUT2D eigenvalue weighted by Crippen LogP contribution is 2.21. The number of rotatable bonds is 3. The number of hydrogen-bond acceptors (Lipinski definition) is 4. The molecule has 6 nitrogen and oxygen atoms in total. The average molecular weight is 343 g/mol. The van der Waals surface area contributed by atoms with E-state index in [0.29, 0.717) is 17.2 Å². The predicted octanol–water partition coefficient (Wildman–Crippen LogP) is 3.66. The first kappa shape index (κ1) is 16.0. The molecule has 0 saturated heterocycles. The summed E-state index contributed by atoms with van der Waals surface area (Å²) in [5, 5.41) is 2.90. The van der Waals surface area contributed by atoms with E-state index in [4.69, 9.17) is 0 Å². The Hall–Kier alpha value is -3.54. The number of amides is 1. The minimum absolute atomic E-state index is 0.248. The Labute approximate surface area is 150 Å². The number of aromatic nitrogens is 4. The molecule has 0 saturated carbocycles. The largest absolute Gasteiger partial charge is 0.321 e. The number of carbonyl (C=O) groups excluding carboxylic acids is 1. The van der Waals surface area contributed by atoms with Crippen molar-refractivity contribution in [1.82, 2.24) is 19.4 Å². The van der Waals surface area contributed by atoms with Crippen LogP contribution in [0, 0.1) is 13.8 Å². The summed E-state index contributed by atoms with van der Waals surface area (Å²) in [7, 11) is 0. The number of pyridine rings is 1. The van der Waals surface area contributed by atoms with Gasteiger partial charge in [0.05, 0.1) is 5.69 Å². The number of hydrogen-bond donors (Lipinski definition) is 1. The van der Waals surface area contributed by atoms with Crippen LogP contribution < -0.4 is 5.32 Å². The monoisotopic (exact) mass is 343 g/mol. The van der Waals surface area contributed by atoms with Gasteiger partial charge in [-0.05, 0) is 49.7 Å². The maximum atomic E-state index is 12.6. The Balaban J connectivity index is 1.60. The van der Waals surface area contributed by atoms with E-state index >= 15 is 0 Å². The van der Waals surface area contributed by atoms with Crippen LogP contribution in [-0.4, -0.2) is 25.3 Å². The predicted molar refractivity (Wildman–Crippen MR) is 100 cm³/mol. The molecule has 26 heavy (non-hydrogen) atoms. The molecule has 0 aliphatic heterocycles. The second-order valence-corrected chi connectivity index (χ2v) is 6.12. The van der Waals surface area contributed by atoms with Gasteiger partial charge in [0.2, 0.25) is 0 Å². The summed E-state index contributed by atoms with van der Waals surface area (Å²) < 4.78 is 1.84. The Morgan fingerprint density at radius 3 is 2.81 bits per heavy atom. The lowest BCUT2D eigenvalue weighted by molar-refractivity contribution is 0.102. The normalized spacial score (nSPS) is 10.8. The summed E-state index contributed by atoms with van der Waals surface area (Å²) in [6.07, 6.45) is 5.34. The smallest absolute Gasteiger partial charge is 0.275 e. The molecule has 4 rings (SSSR count). The van der Waals surface area contributed by atoms with Crippen LogP contribution in [0.15, 0.2) is 61.1 Å². The molecule has 4 aromatic rings. The van der Waals surface area contributed by atoms with Gasteiger partial charge < -0.3 is 9.72 Å². The molecule has 1 aromatic carbocycles. The first-order valence-electron chi connectivity index (χ1n) is 8.25. The van der Waals surface area contributed by atoms with Crippen molar-refractivity contribution >= 4 is 17.2 Å². The fourth-order valence-corrected chi connectivity index (χ4v) is 2.76. The first-order chi connectivity index (χ1) is 12.6. The van der Waals surface area contributed by atoms with Gasteiger partial charge in [-0.2, -0.15) is 0 Å².